The highest BCUT2D eigenvalue weighted by molar-refractivity contribution is 6.31. The summed E-state index contributed by atoms with van der Waals surface area (Å²) in [5, 5.41) is 11.5. The number of fused-ring (bicyclic) bond motifs is 1. The van der Waals surface area contributed by atoms with Crippen LogP contribution < -0.4 is 9.47 Å². The summed E-state index contributed by atoms with van der Waals surface area (Å²) in [6.07, 6.45) is 0. The van der Waals surface area contributed by atoms with Gasteiger partial charge in [0.25, 0.3) is 11.6 Å². The van der Waals surface area contributed by atoms with Crippen LogP contribution >= 0.6 is 11.6 Å². The van der Waals surface area contributed by atoms with E-state index in [1.807, 2.05) is 18.2 Å². The zero-order chi connectivity index (χ0) is 19.7. The van der Waals surface area contributed by atoms with Crippen LogP contribution in [0.1, 0.15) is 15.9 Å². The summed E-state index contributed by atoms with van der Waals surface area (Å²) in [5.74, 6) is 1.14. The minimum atomic E-state index is -0.556. The van der Waals surface area contributed by atoms with E-state index in [1.54, 1.807) is 4.90 Å². The Bertz CT molecular complexity index is 928. The molecule has 0 spiro atoms. The highest BCUT2D eigenvalue weighted by atomic mass is 35.5. The van der Waals surface area contributed by atoms with Crippen LogP contribution in [0.3, 0.4) is 0 Å². The first-order valence-corrected chi connectivity index (χ1v) is 9.23. The van der Waals surface area contributed by atoms with Gasteiger partial charge in [0.2, 0.25) is 6.79 Å². The fourth-order valence-electron chi connectivity index (χ4n) is 3.42. The maximum Gasteiger partial charge on any atom is 0.282 e. The minimum absolute atomic E-state index is 0.0294. The Morgan fingerprint density at radius 2 is 1.82 bits per heavy atom. The molecule has 2 aliphatic heterocycles. The monoisotopic (exact) mass is 403 g/mol. The molecule has 146 valence electrons. The van der Waals surface area contributed by atoms with E-state index in [2.05, 4.69) is 4.90 Å². The number of carbonyl (C=O) groups excluding carboxylic acids is 1. The molecule has 0 radical (unpaired) electrons. The summed E-state index contributed by atoms with van der Waals surface area (Å²) in [7, 11) is 0. The van der Waals surface area contributed by atoms with Crippen molar-refractivity contribution in [2.75, 3.05) is 33.0 Å². The van der Waals surface area contributed by atoms with E-state index >= 15 is 0 Å². The van der Waals surface area contributed by atoms with Crippen LogP contribution in [0.25, 0.3) is 0 Å². The second-order valence-electron chi connectivity index (χ2n) is 6.67. The van der Waals surface area contributed by atoms with Gasteiger partial charge in [-0.25, -0.2) is 0 Å². The van der Waals surface area contributed by atoms with Crippen molar-refractivity contribution in [3.05, 3.63) is 62.7 Å². The first-order chi connectivity index (χ1) is 13.5. The van der Waals surface area contributed by atoms with Gasteiger partial charge in [-0.3, -0.25) is 19.8 Å². The van der Waals surface area contributed by atoms with Crippen molar-refractivity contribution in [2.24, 2.45) is 0 Å². The van der Waals surface area contributed by atoms with E-state index in [0.717, 1.165) is 23.6 Å². The van der Waals surface area contributed by atoms with E-state index < -0.39 is 4.92 Å². The van der Waals surface area contributed by atoms with Crippen molar-refractivity contribution in [3.63, 3.8) is 0 Å². The molecule has 1 amide bonds. The summed E-state index contributed by atoms with van der Waals surface area (Å²) in [6, 6.07) is 9.91. The molecule has 4 rings (SSSR count). The molecule has 9 heteroatoms. The molecule has 0 bridgehead atoms. The maximum absolute atomic E-state index is 12.8. The van der Waals surface area contributed by atoms with E-state index in [4.69, 9.17) is 21.1 Å². The lowest BCUT2D eigenvalue weighted by molar-refractivity contribution is -0.385. The molecule has 8 nitrogen and oxygen atoms in total. The zero-order valence-corrected chi connectivity index (χ0v) is 15.7. The SMILES string of the molecule is O=C(c1cc(Cl)ccc1[N+](=O)[O-])N1CCN(Cc2ccc3c(c2)OCO3)CC1. The van der Waals surface area contributed by atoms with E-state index in [0.29, 0.717) is 31.2 Å². The number of nitrogens with zero attached hydrogens (tertiary/aromatic N) is 3. The number of piperazine rings is 1. The standard InChI is InChI=1S/C19H18ClN3O5/c20-14-2-3-16(23(25)26)15(10-14)19(24)22-7-5-21(6-8-22)11-13-1-4-17-18(9-13)28-12-27-17/h1-4,9-10H,5-8,11-12H2. The number of rotatable bonds is 4. The van der Waals surface area contributed by atoms with E-state index in [1.165, 1.54) is 18.2 Å². The van der Waals surface area contributed by atoms with Crippen LogP contribution in [-0.2, 0) is 6.54 Å². The third-order valence-electron chi connectivity index (χ3n) is 4.89. The Labute approximate surface area is 166 Å². The lowest BCUT2D eigenvalue weighted by atomic mass is 10.1. The topological polar surface area (TPSA) is 85.2 Å². The molecule has 0 aromatic heterocycles. The first-order valence-electron chi connectivity index (χ1n) is 8.85. The van der Waals surface area contributed by atoms with Crippen LogP contribution in [0.15, 0.2) is 36.4 Å². The van der Waals surface area contributed by atoms with Crippen molar-refractivity contribution in [1.82, 2.24) is 9.80 Å². The molecule has 2 aromatic carbocycles. The maximum atomic E-state index is 12.8. The van der Waals surface area contributed by atoms with Crippen molar-refractivity contribution >= 4 is 23.2 Å². The van der Waals surface area contributed by atoms with Gasteiger partial charge in [-0.15, -0.1) is 0 Å². The number of amides is 1. The normalized spacial score (nSPS) is 16.2. The molecular weight excluding hydrogens is 386 g/mol. The molecule has 2 heterocycles. The van der Waals surface area contributed by atoms with Crippen molar-refractivity contribution < 1.29 is 19.2 Å². The van der Waals surface area contributed by atoms with Crippen molar-refractivity contribution in [3.8, 4) is 11.5 Å². The van der Waals surface area contributed by atoms with Gasteiger partial charge in [-0.2, -0.15) is 0 Å². The summed E-state index contributed by atoms with van der Waals surface area (Å²) in [4.78, 5) is 27.3. The van der Waals surface area contributed by atoms with Crippen molar-refractivity contribution in [2.45, 2.75) is 6.54 Å². The lowest BCUT2D eigenvalue weighted by Crippen LogP contribution is -2.48. The molecule has 0 N–H and O–H groups in total. The Morgan fingerprint density at radius 1 is 1.07 bits per heavy atom. The molecular formula is C19H18ClN3O5. The Kier molecular flexibility index (Phi) is 5.06. The number of nitro groups is 1. The van der Waals surface area contributed by atoms with Crippen LogP contribution in [-0.4, -0.2) is 53.6 Å². The first kappa shape index (κ1) is 18.5. The van der Waals surface area contributed by atoms with Crippen LogP contribution in [0.5, 0.6) is 11.5 Å². The fraction of sp³-hybridized carbons (Fsp3) is 0.316. The van der Waals surface area contributed by atoms with E-state index in [-0.39, 0.29) is 24.0 Å². The number of nitro benzene ring substituents is 1. The summed E-state index contributed by atoms with van der Waals surface area (Å²) >= 11 is 5.94. The van der Waals surface area contributed by atoms with Gasteiger partial charge in [0.05, 0.1) is 4.92 Å². The van der Waals surface area contributed by atoms with Crippen LogP contribution in [0, 0.1) is 10.1 Å². The second-order valence-corrected chi connectivity index (χ2v) is 7.11. The van der Waals surface area contributed by atoms with Gasteiger partial charge in [0.15, 0.2) is 11.5 Å². The molecule has 0 atom stereocenters. The van der Waals surface area contributed by atoms with Gasteiger partial charge in [0.1, 0.15) is 5.56 Å². The largest absolute Gasteiger partial charge is 0.454 e. The van der Waals surface area contributed by atoms with Gasteiger partial charge >= 0.3 is 0 Å². The van der Waals surface area contributed by atoms with Crippen LogP contribution in [0.2, 0.25) is 5.02 Å². The molecule has 2 aliphatic rings. The Morgan fingerprint density at radius 3 is 2.57 bits per heavy atom. The smallest absolute Gasteiger partial charge is 0.282 e. The van der Waals surface area contributed by atoms with Gasteiger partial charge in [-0.1, -0.05) is 17.7 Å². The number of benzene rings is 2. The molecule has 1 fully saturated rings. The number of hydrogen-bond donors (Lipinski definition) is 0. The lowest BCUT2D eigenvalue weighted by Gasteiger charge is -2.34. The van der Waals surface area contributed by atoms with Crippen LogP contribution in [0.4, 0.5) is 5.69 Å². The summed E-state index contributed by atoms with van der Waals surface area (Å²) < 4.78 is 10.7. The molecule has 0 unspecified atom stereocenters. The fourth-order valence-corrected chi connectivity index (χ4v) is 3.59. The third kappa shape index (κ3) is 3.74. The summed E-state index contributed by atoms with van der Waals surface area (Å²) in [6.45, 7) is 3.31. The molecule has 0 aliphatic carbocycles. The molecule has 1 saturated heterocycles. The average Bonchev–Trinajstić information content (AvgIpc) is 3.15. The minimum Gasteiger partial charge on any atom is -0.454 e. The number of carbonyl (C=O) groups is 1. The van der Waals surface area contributed by atoms with Gasteiger partial charge in [0, 0.05) is 43.8 Å². The number of hydrogen-bond acceptors (Lipinski definition) is 6. The summed E-state index contributed by atoms with van der Waals surface area (Å²) in [5.41, 5.74) is 0.911. The van der Waals surface area contributed by atoms with Gasteiger partial charge in [-0.05, 0) is 29.8 Å². The third-order valence-corrected chi connectivity index (χ3v) is 5.12. The highest BCUT2D eigenvalue weighted by Gasteiger charge is 2.28. The number of ether oxygens (including phenoxy) is 2. The molecule has 0 saturated carbocycles. The highest BCUT2D eigenvalue weighted by Crippen LogP contribution is 2.33. The predicted molar refractivity (Wildman–Crippen MR) is 102 cm³/mol. The zero-order valence-electron chi connectivity index (χ0n) is 15.0. The predicted octanol–water partition coefficient (Wildman–Crippen LogP) is 2.93. The average molecular weight is 404 g/mol. The molecule has 28 heavy (non-hydrogen) atoms. The Balaban J connectivity index is 1.40. The molecule has 2 aromatic rings. The quantitative estimate of drug-likeness (QED) is 0.576. The van der Waals surface area contributed by atoms with Crippen molar-refractivity contribution in [1.29, 1.82) is 0 Å². The van der Waals surface area contributed by atoms with E-state index in [9.17, 15) is 14.9 Å². The Hall–Kier alpha value is -2.84. The second kappa shape index (κ2) is 7.65. The van der Waals surface area contributed by atoms with Gasteiger partial charge < -0.3 is 14.4 Å². The number of halogens is 1.